The van der Waals surface area contributed by atoms with Crippen molar-refractivity contribution in [3.8, 4) is 0 Å². The van der Waals surface area contributed by atoms with Crippen LogP contribution < -0.4 is 4.80 Å². The van der Waals surface area contributed by atoms with Crippen molar-refractivity contribution >= 4 is 60.2 Å². The average molecular weight is 416 g/mol. The van der Waals surface area contributed by atoms with Crippen LogP contribution in [0.25, 0.3) is 10.2 Å². The van der Waals surface area contributed by atoms with Gasteiger partial charge in [0.2, 0.25) is 4.80 Å². The summed E-state index contributed by atoms with van der Waals surface area (Å²) in [6.45, 7) is 3.97. The molecule has 11 heteroatoms. The molecule has 0 amide bonds. The Hall–Kier alpha value is -2.01. The number of nitro benzene ring substituents is 1. The number of halogens is 1. The first-order chi connectivity index (χ1) is 11.8. The van der Waals surface area contributed by atoms with Crippen LogP contribution in [0.3, 0.4) is 0 Å². The van der Waals surface area contributed by atoms with E-state index in [1.165, 1.54) is 24.3 Å². The summed E-state index contributed by atoms with van der Waals surface area (Å²) in [5, 5.41) is 10.9. The summed E-state index contributed by atoms with van der Waals surface area (Å²) in [5.74, 6) is 0. The summed E-state index contributed by atoms with van der Waals surface area (Å²) in [5.41, 5.74) is 0.576. The number of non-ortho nitro benzene ring substituents is 1. The maximum Gasteiger partial charge on any atom is 0.294 e. The first-order valence-corrected chi connectivity index (χ1v) is 10.2. The minimum absolute atomic E-state index is 0.0334. The van der Waals surface area contributed by atoms with Crippen LogP contribution in [0.2, 0.25) is 4.34 Å². The molecule has 0 fully saturated rings. The Kier molecular flexibility index (Phi) is 4.78. The van der Waals surface area contributed by atoms with Crippen LogP contribution in [0.15, 0.2) is 51.6 Å². The van der Waals surface area contributed by atoms with Gasteiger partial charge in [-0.15, -0.1) is 22.3 Å². The Morgan fingerprint density at radius 1 is 1.32 bits per heavy atom. The smallest absolute Gasteiger partial charge is 0.294 e. The highest BCUT2D eigenvalue weighted by molar-refractivity contribution is 7.92. The van der Waals surface area contributed by atoms with Crippen molar-refractivity contribution in [2.45, 2.75) is 10.8 Å². The molecule has 7 nitrogen and oxygen atoms in total. The molecule has 0 radical (unpaired) electrons. The SMILES string of the molecule is C=CCn1/c(=N/S(=O)(=O)c2ccc(Cl)s2)sc2cc([N+](=O)[O-])ccc21. The Morgan fingerprint density at radius 2 is 2.08 bits per heavy atom. The van der Waals surface area contributed by atoms with E-state index < -0.39 is 14.9 Å². The van der Waals surface area contributed by atoms with Gasteiger partial charge in [-0.3, -0.25) is 10.1 Å². The van der Waals surface area contributed by atoms with Crippen molar-refractivity contribution in [1.29, 1.82) is 0 Å². The Bertz CT molecular complexity index is 1160. The molecule has 0 aliphatic heterocycles. The molecule has 3 rings (SSSR count). The lowest BCUT2D eigenvalue weighted by molar-refractivity contribution is -0.384. The molecule has 0 atom stereocenters. The fraction of sp³-hybridized carbons (Fsp3) is 0.0714. The zero-order chi connectivity index (χ0) is 18.2. The summed E-state index contributed by atoms with van der Waals surface area (Å²) in [6, 6.07) is 7.21. The lowest BCUT2D eigenvalue weighted by atomic mass is 10.3. The summed E-state index contributed by atoms with van der Waals surface area (Å²) >= 11 is 7.77. The highest BCUT2D eigenvalue weighted by Crippen LogP contribution is 2.27. The van der Waals surface area contributed by atoms with Crippen LogP contribution in [0.5, 0.6) is 0 Å². The largest absolute Gasteiger partial charge is 0.312 e. The number of nitro groups is 1. The molecule has 0 unspecified atom stereocenters. The van der Waals surface area contributed by atoms with Gasteiger partial charge in [-0.05, 0) is 18.2 Å². The fourth-order valence-corrected chi connectivity index (χ4v) is 5.87. The minimum atomic E-state index is -3.93. The summed E-state index contributed by atoms with van der Waals surface area (Å²) in [4.78, 5) is 10.6. The number of thiophene rings is 1. The lowest BCUT2D eigenvalue weighted by Crippen LogP contribution is -2.16. The quantitative estimate of drug-likeness (QED) is 0.359. The molecule has 1 aromatic carbocycles. The molecule has 130 valence electrons. The predicted molar refractivity (Wildman–Crippen MR) is 98.7 cm³/mol. The van der Waals surface area contributed by atoms with Gasteiger partial charge in [-0.25, -0.2) is 0 Å². The lowest BCUT2D eigenvalue weighted by Gasteiger charge is -2.00. The van der Waals surface area contributed by atoms with Crippen molar-refractivity contribution in [2.24, 2.45) is 4.40 Å². The maximum atomic E-state index is 12.5. The fourth-order valence-electron chi connectivity index (χ4n) is 2.14. The Balaban J connectivity index is 2.25. The second-order valence-corrected chi connectivity index (χ2v) is 9.37. The van der Waals surface area contributed by atoms with Crippen LogP contribution in [-0.4, -0.2) is 17.9 Å². The molecule has 0 spiro atoms. The number of allylic oxidation sites excluding steroid dienone is 1. The maximum absolute atomic E-state index is 12.5. The van der Waals surface area contributed by atoms with Gasteiger partial charge in [0.15, 0.2) is 0 Å². The molecule has 0 saturated heterocycles. The third-order valence-electron chi connectivity index (χ3n) is 3.19. The molecule has 0 aliphatic rings. The highest BCUT2D eigenvalue weighted by atomic mass is 35.5. The van der Waals surface area contributed by atoms with E-state index in [1.807, 2.05) is 0 Å². The number of hydrogen-bond donors (Lipinski definition) is 0. The number of sulfonamides is 1. The van der Waals surface area contributed by atoms with Gasteiger partial charge < -0.3 is 4.57 Å². The van der Waals surface area contributed by atoms with E-state index in [0.29, 0.717) is 21.1 Å². The standard InChI is InChI=1S/C14H10ClN3O4S3/c1-2-7-17-10-4-3-9(18(19)20)8-11(10)23-14(17)16-25(21,22)13-6-5-12(15)24-13/h2-6,8H,1,7H2/b16-14-. The number of hydrogen-bond acceptors (Lipinski definition) is 6. The molecule has 3 aromatic rings. The molecule has 0 aliphatic carbocycles. The van der Waals surface area contributed by atoms with Crippen LogP contribution >= 0.6 is 34.3 Å². The monoisotopic (exact) mass is 415 g/mol. The number of benzene rings is 1. The van der Waals surface area contributed by atoms with Crippen molar-refractivity contribution < 1.29 is 13.3 Å². The minimum Gasteiger partial charge on any atom is -0.312 e. The van der Waals surface area contributed by atoms with Gasteiger partial charge in [0.05, 0.1) is 19.5 Å². The van der Waals surface area contributed by atoms with E-state index in [-0.39, 0.29) is 14.7 Å². The normalized spacial score (nSPS) is 12.6. The number of fused-ring (bicyclic) bond motifs is 1. The van der Waals surface area contributed by atoms with Crippen LogP contribution in [0.1, 0.15) is 0 Å². The summed E-state index contributed by atoms with van der Waals surface area (Å²) in [6.07, 6.45) is 1.60. The first-order valence-electron chi connectivity index (χ1n) is 6.77. The molecular weight excluding hydrogens is 406 g/mol. The molecule has 2 heterocycles. The third-order valence-corrected chi connectivity index (χ3v) is 7.31. The number of aromatic nitrogens is 1. The predicted octanol–water partition coefficient (Wildman–Crippen LogP) is 3.80. The molecule has 2 aromatic heterocycles. The molecule has 0 bridgehead atoms. The van der Waals surface area contributed by atoms with E-state index >= 15 is 0 Å². The Labute approximate surface area is 155 Å². The molecule has 0 saturated carbocycles. The number of rotatable bonds is 5. The van der Waals surface area contributed by atoms with Gasteiger partial charge >= 0.3 is 0 Å². The van der Waals surface area contributed by atoms with Crippen molar-refractivity contribution in [1.82, 2.24) is 4.57 Å². The number of thiazole rings is 1. The highest BCUT2D eigenvalue weighted by Gasteiger charge is 2.18. The van der Waals surface area contributed by atoms with E-state index in [1.54, 1.807) is 16.7 Å². The zero-order valence-corrected chi connectivity index (χ0v) is 15.7. The van der Waals surface area contributed by atoms with Gasteiger partial charge in [0.1, 0.15) is 4.21 Å². The Morgan fingerprint density at radius 3 is 2.68 bits per heavy atom. The second-order valence-electron chi connectivity index (χ2n) is 4.82. The molecular formula is C14H10ClN3O4S3. The van der Waals surface area contributed by atoms with Crippen molar-refractivity contribution in [2.75, 3.05) is 0 Å². The van der Waals surface area contributed by atoms with Crippen molar-refractivity contribution in [3.05, 3.63) is 62.2 Å². The molecule has 0 N–H and O–H groups in total. The summed E-state index contributed by atoms with van der Waals surface area (Å²) in [7, 11) is -3.93. The van der Waals surface area contributed by atoms with Crippen LogP contribution in [0.4, 0.5) is 5.69 Å². The summed E-state index contributed by atoms with van der Waals surface area (Å²) < 4.78 is 31.4. The zero-order valence-electron chi connectivity index (χ0n) is 12.5. The van der Waals surface area contributed by atoms with Gasteiger partial charge in [-0.1, -0.05) is 29.0 Å². The average Bonchev–Trinajstić information content (AvgIpc) is 3.12. The van der Waals surface area contributed by atoms with Gasteiger partial charge in [0.25, 0.3) is 15.7 Å². The van der Waals surface area contributed by atoms with E-state index in [4.69, 9.17) is 11.6 Å². The van der Waals surface area contributed by atoms with E-state index in [9.17, 15) is 18.5 Å². The van der Waals surface area contributed by atoms with Crippen molar-refractivity contribution in [3.63, 3.8) is 0 Å². The van der Waals surface area contributed by atoms with Gasteiger partial charge in [-0.2, -0.15) is 8.42 Å². The van der Waals surface area contributed by atoms with E-state index in [0.717, 1.165) is 22.7 Å². The topological polar surface area (TPSA) is 94.6 Å². The van der Waals surface area contributed by atoms with Crippen LogP contribution in [0, 0.1) is 10.1 Å². The van der Waals surface area contributed by atoms with Gasteiger partial charge in [0, 0.05) is 18.7 Å². The molecule has 25 heavy (non-hydrogen) atoms. The first kappa shape index (κ1) is 17.8. The number of nitrogens with zero attached hydrogens (tertiary/aromatic N) is 3. The third kappa shape index (κ3) is 3.52. The van der Waals surface area contributed by atoms with E-state index in [2.05, 4.69) is 11.0 Å². The van der Waals surface area contributed by atoms with Crippen LogP contribution in [-0.2, 0) is 16.6 Å². The second kappa shape index (κ2) is 6.71.